The zero-order chi connectivity index (χ0) is 15.7. The Morgan fingerprint density at radius 1 is 1.33 bits per heavy atom. The van der Waals surface area contributed by atoms with Crippen molar-refractivity contribution in [3.63, 3.8) is 0 Å². The van der Waals surface area contributed by atoms with E-state index in [0.29, 0.717) is 6.29 Å². The summed E-state index contributed by atoms with van der Waals surface area (Å²) in [6, 6.07) is 2.46. The van der Waals surface area contributed by atoms with Crippen LogP contribution in [0.15, 0.2) is 12.1 Å². The summed E-state index contributed by atoms with van der Waals surface area (Å²) in [5.74, 6) is -1.85. The number of aromatic nitrogens is 2. The van der Waals surface area contributed by atoms with Gasteiger partial charge < -0.3 is 4.74 Å². The molecule has 21 heavy (non-hydrogen) atoms. The van der Waals surface area contributed by atoms with E-state index < -0.39 is 18.3 Å². The maximum Gasteiger partial charge on any atom is 0.388 e. The molecule has 0 bridgehead atoms. The van der Waals surface area contributed by atoms with Gasteiger partial charge in [-0.3, -0.25) is 4.79 Å². The van der Waals surface area contributed by atoms with Gasteiger partial charge in [0.2, 0.25) is 5.82 Å². The summed E-state index contributed by atoms with van der Waals surface area (Å²) in [5.41, 5.74) is -0.212. The molecule has 0 aliphatic carbocycles. The quantitative estimate of drug-likeness (QED) is 0.793. The van der Waals surface area contributed by atoms with Crippen molar-refractivity contribution >= 4 is 29.5 Å². The van der Waals surface area contributed by atoms with Crippen LogP contribution in [0.3, 0.4) is 0 Å². The molecule has 0 unspecified atom stereocenters. The molecule has 1 aromatic carbocycles. The average molecular weight is 339 g/mol. The van der Waals surface area contributed by atoms with E-state index >= 15 is 0 Å². The molecule has 0 N–H and O–H groups in total. The number of hydrogen-bond acceptors (Lipinski definition) is 3. The van der Waals surface area contributed by atoms with Gasteiger partial charge in [-0.15, -0.1) is 0 Å². The molecule has 0 amide bonds. The van der Waals surface area contributed by atoms with Gasteiger partial charge in [-0.1, -0.05) is 23.2 Å². The van der Waals surface area contributed by atoms with Gasteiger partial charge in [0.05, 0.1) is 10.0 Å². The smallest absolute Gasteiger partial charge is 0.388 e. The topological polar surface area (TPSA) is 44.1 Å². The highest BCUT2D eigenvalue weighted by Crippen LogP contribution is 2.36. The van der Waals surface area contributed by atoms with Crippen LogP contribution in [-0.4, -0.2) is 22.7 Å². The van der Waals surface area contributed by atoms with Crippen molar-refractivity contribution in [3.8, 4) is 17.1 Å². The van der Waals surface area contributed by atoms with Crippen molar-refractivity contribution in [1.82, 2.24) is 9.78 Å². The Labute approximate surface area is 127 Å². The number of halogens is 5. The second kappa shape index (κ2) is 5.95. The van der Waals surface area contributed by atoms with Crippen LogP contribution in [0.5, 0.6) is 5.88 Å². The van der Waals surface area contributed by atoms with Crippen molar-refractivity contribution in [2.45, 2.75) is 6.61 Å². The van der Waals surface area contributed by atoms with Crippen LogP contribution in [0.25, 0.3) is 11.3 Å². The summed E-state index contributed by atoms with van der Waals surface area (Å²) in [7, 11) is 1.23. The summed E-state index contributed by atoms with van der Waals surface area (Å²) in [4.78, 5) is 10.9. The molecule has 0 saturated heterocycles. The Morgan fingerprint density at radius 3 is 2.57 bits per heavy atom. The Kier molecular flexibility index (Phi) is 4.43. The normalized spacial score (nSPS) is 11.0. The van der Waals surface area contributed by atoms with E-state index in [1.165, 1.54) is 19.2 Å². The van der Waals surface area contributed by atoms with E-state index in [1.807, 2.05) is 0 Å². The van der Waals surface area contributed by atoms with Crippen molar-refractivity contribution in [3.05, 3.63) is 33.6 Å². The number of ether oxygens (including phenoxy) is 1. The van der Waals surface area contributed by atoms with Crippen molar-refractivity contribution in [2.75, 3.05) is 0 Å². The molecule has 1 aromatic heterocycles. The monoisotopic (exact) mass is 338 g/mol. The molecule has 0 radical (unpaired) electrons. The Bertz CT molecular complexity index is 704. The minimum absolute atomic E-state index is 0.0196. The fourth-order valence-electron chi connectivity index (χ4n) is 1.70. The molecular formula is C12H7Cl2F3N2O2. The lowest BCUT2D eigenvalue weighted by atomic mass is 10.1. The molecular weight excluding hydrogens is 332 g/mol. The molecule has 0 aliphatic heterocycles. The standard InChI is InChI=1S/C12H7Cl2F3N2O2/c1-19-11(21-12(16)17)9(15)10(18-19)6-2-5(4-20)7(13)3-8(6)14/h2-4,12H,1H3. The molecule has 0 fully saturated rings. The number of carbonyl (C=O) groups excluding carboxylic acids is 1. The first-order chi connectivity index (χ1) is 9.85. The number of aldehydes is 1. The zero-order valence-electron chi connectivity index (χ0n) is 10.4. The highest BCUT2D eigenvalue weighted by atomic mass is 35.5. The number of hydrogen-bond donors (Lipinski definition) is 0. The van der Waals surface area contributed by atoms with Gasteiger partial charge in [0.25, 0.3) is 5.88 Å². The van der Waals surface area contributed by atoms with Crippen molar-refractivity contribution in [1.29, 1.82) is 0 Å². The number of nitrogens with zero attached hydrogens (tertiary/aromatic N) is 2. The van der Waals surface area contributed by atoms with E-state index in [0.717, 1.165) is 4.68 Å². The summed E-state index contributed by atoms with van der Waals surface area (Å²) in [6.45, 7) is -3.20. The fraction of sp³-hybridized carbons (Fsp3) is 0.167. The number of carbonyl (C=O) groups is 1. The summed E-state index contributed by atoms with van der Waals surface area (Å²) < 4.78 is 43.4. The lowest BCUT2D eigenvalue weighted by Crippen LogP contribution is -2.07. The van der Waals surface area contributed by atoms with Crippen LogP contribution >= 0.6 is 23.2 Å². The van der Waals surface area contributed by atoms with Crippen LogP contribution in [-0.2, 0) is 7.05 Å². The summed E-state index contributed by atoms with van der Waals surface area (Å²) in [6.07, 6.45) is 0.458. The van der Waals surface area contributed by atoms with Crippen LogP contribution in [0.4, 0.5) is 13.2 Å². The third-order valence-electron chi connectivity index (χ3n) is 2.61. The number of alkyl halides is 2. The summed E-state index contributed by atoms with van der Waals surface area (Å²) in [5, 5.41) is 3.84. The maximum atomic E-state index is 14.1. The second-order valence-electron chi connectivity index (χ2n) is 3.94. The van der Waals surface area contributed by atoms with Crippen molar-refractivity contribution < 1.29 is 22.7 Å². The molecule has 2 aromatic rings. The highest BCUT2D eigenvalue weighted by molar-refractivity contribution is 6.37. The maximum absolute atomic E-state index is 14.1. The molecule has 0 aliphatic rings. The Morgan fingerprint density at radius 2 is 2.00 bits per heavy atom. The van der Waals surface area contributed by atoms with Crippen LogP contribution in [0, 0.1) is 5.82 Å². The summed E-state index contributed by atoms with van der Waals surface area (Å²) >= 11 is 11.7. The molecule has 0 saturated carbocycles. The van der Waals surface area contributed by atoms with Gasteiger partial charge in [0.1, 0.15) is 5.69 Å². The minimum Gasteiger partial charge on any atom is -0.414 e. The van der Waals surface area contributed by atoms with Crippen LogP contribution in [0.1, 0.15) is 10.4 Å². The number of rotatable bonds is 4. The van der Waals surface area contributed by atoms with E-state index in [1.54, 1.807) is 0 Å². The minimum atomic E-state index is -3.20. The predicted octanol–water partition coefficient (Wildman–Crippen LogP) is 3.95. The first-order valence-electron chi connectivity index (χ1n) is 5.47. The van der Waals surface area contributed by atoms with Gasteiger partial charge in [-0.25, -0.2) is 4.68 Å². The average Bonchev–Trinajstić information content (AvgIpc) is 2.66. The van der Waals surface area contributed by atoms with Crippen LogP contribution in [0.2, 0.25) is 10.0 Å². The van der Waals surface area contributed by atoms with Crippen LogP contribution < -0.4 is 4.74 Å². The molecule has 2 rings (SSSR count). The van der Waals surface area contributed by atoms with Gasteiger partial charge in [0.15, 0.2) is 6.29 Å². The van der Waals surface area contributed by atoms with Gasteiger partial charge in [-0.05, 0) is 12.1 Å². The largest absolute Gasteiger partial charge is 0.414 e. The molecule has 1 heterocycles. The van der Waals surface area contributed by atoms with E-state index in [-0.39, 0.29) is 26.9 Å². The van der Waals surface area contributed by atoms with Gasteiger partial charge in [-0.2, -0.15) is 18.3 Å². The molecule has 4 nitrogen and oxygen atoms in total. The third kappa shape index (κ3) is 2.98. The lowest BCUT2D eigenvalue weighted by Gasteiger charge is -2.04. The lowest BCUT2D eigenvalue weighted by molar-refractivity contribution is -0.0576. The number of aryl methyl sites for hydroxylation is 1. The Hall–Kier alpha value is -1.73. The SMILES string of the molecule is Cn1nc(-c2cc(C=O)c(Cl)cc2Cl)c(F)c1OC(F)F. The first kappa shape index (κ1) is 15.7. The molecule has 9 heteroatoms. The predicted molar refractivity (Wildman–Crippen MR) is 70.6 cm³/mol. The van der Waals surface area contributed by atoms with Gasteiger partial charge >= 0.3 is 6.61 Å². The van der Waals surface area contributed by atoms with Crippen molar-refractivity contribution in [2.24, 2.45) is 7.05 Å². The van der Waals surface area contributed by atoms with Gasteiger partial charge in [0, 0.05) is 18.2 Å². The molecule has 112 valence electrons. The number of benzene rings is 1. The fourth-order valence-corrected chi connectivity index (χ4v) is 2.22. The molecule has 0 atom stereocenters. The molecule has 0 spiro atoms. The Balaban J connectivity index is 2.60. The second-order valence-corrected chi connectivity index (χ2v) is 4.76. The van der Waals surface area contributed by atoms with E-state index in [2.05, 4.69) is 9.84 Å². The third-order valence-corrected chi connectivity index (χ3v) is 3.25. The van der Waals surface area contributed by atoms with E-state index in [9.17, 15) is 18.0 Å². The highest BCUT2D eigenvalue weighted by Gasteiger charge is 2.24. The first-order valence-corrected chi connectivity index (χ1v) is 6.22. The zero-order valence-corrected chi connectivity index (χ0v) is 11.9. The van der Waals surface area contributed by atoms with E-state index in [4.69, 9.17) is 23.2 Å².